The number of ether oxygens (including phenoxy) is 1. The first-order valence-corrected chi connectivity index (χ1v) is 4.82. The molecule has 0 aliphatic carbocycles. The zero-order valence-electron chi connectivity index (χ0n) is 8.08. The van der Waals surface area contributed by atoms with Gasteiger partial charge < -0.3 is 20.1 Å². The Bertz CT molecular complexity index is 303. The summed E-state index contributed by atoms with van der Waals surface area (Å²) in [7, 11) is 0. The van der Waals surface area contributed by atoms with Crippen molar-refractivity contribution in [1.29, 1.82) is 0 Å². The second-order valence-electron chi connectivity index (χ2n) is 3.64. The Morgan fingerprint density at radius 1 is 1.47 bits per heavy atom. The van der Waals surface area contributed by atoms with Crippen molar-refractivity contribution >= 4 is 0 Å². The van der Waals surface area contributed by atoms with Gasteiger partial charge >= 0.3 is 0 Å². The van der Waals surface area contributed by atoms with Crippen molar-refractivity contribution in [2.75, 3.05) is 13.2 Å². The molecule has 0 amide bonds. The molecule has 6 nitrogen and oxygen atoms in total. The molecular formula is C9H14N2O4. The third-order valence-corrected chi connectivity index (χ3v) is 2.72. The smallest absolute Gasteiger partial charge is 0.109 e. The lowest BCUT2D eigenvalue weighted by Gasteiger charge is -2.36. The molecule has 0 aromatic carbocycles. The van der Waals surface area contributed by atoms with Gasteiger partial charge in [-0.05, 0) is 6.07 Å². The van der Waals surface area contributed by atoms with Crippen LogP contribution in [0.15, 0.2) is 12.3 Å². The van der Waals surface area contributed by atoms with E-state index in [0.29, 0.717) is 5.69 Å². The maximum absolute atomic E-state index is 9.82. The molecule has 0 spiro atoms. The van der Waals surface area contributed by atoms with Crippen LogP contribution in [-0.2, 0) is 4.74 Å². The van der Waals surface area contributed by atoms with Gasteiger partial charge in [0.25, 0.3) is 0 Å². The fourth-order valence-electron chi connectivity index (χ4n) is 1.78. The molecule has 4 atom stereocenters. The second kappa shape index (κ2) is 4.28. The van der Waals surface area contributed by atoms with E-state index in [0.717, 1.165) is 0 Å². The summed E-state index contributed by atoms with van der Waals surface area (Å²) in [5.74, 6) is -0.353. The molecule has 1 saturated heterocycles. The van der Waals surface area contributed by atoms with Crippen molar-refractivity contribution in [3.05, 3.63) is 18.0 Å². The highest BCUT2D eigenvalue weighted by molar-refractivity contribution is 5.11. The molecule has 1 aliphatic heterocycles. The van der Waals surface area contributed by atoms with Gasteiger partial charge in [-0.2, -0.15) is 5.10 Å². The molecule has 2 heterocycles. The van der Waals surface area contributed by atoms with Crippen molar-refractivity contribution in [3.63, 3.8) is 0 Å². The number of aromatic amines is 1. The topological polar surface area (TPSA) is 98.6 Å². The fourth-order valence-corrected chi connectivity index (χ4v) is 1.78. The van der Waals surface area contributed by atoms with Gasteiger partial charge in [0.05, 0.1) is 30.9 Å². The zero-order chi connectivity index (χ0) is 10.8. The number of nitrogens with zero attached hydrogens (tertiary/aromatic N) is 1. The Hall–Kier alpha value is -0.950. The SMILES string of the molecule is OC[C@H]1OC[C@@H](c2cc[nH]n2)[C@@H](O)[C@H]1O. The van der Waals surface area contributed by atoms with Gasteiger partial charge in [-0.15, -0.1) is 0 Å². The first kappa shape index (κ1) is 10.6. The van der Waals surface area contributed by atoms with E-state index in [-0.39, 0.29) is 19.1 Å². The van der Waals surface area contributed by atoms with Gasteiger partial charge in [-0.25, -0.2) is 0 Å². The molecule has 15 heavy (non-hydrogen) atoms. The summed E-state index contributed by atoms with van der Waals surface area (Å²) < 4.78 is 5.23. The molecule has 6 heteroatoms. The van der Waals surface area contributed by atoms with E-state index in [1.54, 1.807) is 12.3 Å². The summed E-state index contributed by atoms with van der Waals surface area (Å²) in [6.45, 7) is -0.0557. The summed E-state index contributed by atoms with van der Waals surface area (Å²) in [5.41, 5.74) is 0.651. The number of aliphatic hydroxyl groups excluding tert-OH is 3. The number of aromatic nitrogens is 2. The Kier molecular flexibility index (Phi) is 3.01. The number of hydrogen-bond acceptors (Lipinski definition) is 5. The molecule has 1 fully saturated rings. The molecule has 0 saturated carbocycles. The van der Waals surface area contributed by atoms with Gasteiger partial charge in [0.2, 0.25) is 0 Å². The lowest BCUT2D eigenvalue weighted by Crippen LogP contribution is -2.50. The molecule has 2 rings (SSSR count). The number of H-pyrrole nitrogens is 1. The van der Waals surface area contributed by atoms with Gasteiger partial charge in [0, 0.05) is 6.20 Å². The summed E-state index contributed by atoms with van der Waals surface area (Å²) in [4.78, 5) is 0. The molecule has 0 radical (unpaired) electrons. The van der Waals surface area contributed by atoms with Crippen LogP contribution in [-0.4, -0.2) is 57.0 Å². The predicted molar refractivity (Wildman–Crippen MR) is 50.2 cm³/mol. The van der Waals surface area contributed by atoms with Crippen molar-refractivity contribution < 1.29 is 20.1 Å². The first-order chi connectivity index (χ1) is 7.24. The van der Waals surface area contributed by atoms with Crippen LogP contribution < -0.4 is 0 Å². The van der Waals surface area contributed by atoms with Gasteiger partial charge in [0.15, 0.2) is 0 Å². The number of hydrogen-bond donors (Lipinski definition) is 4. The van der Waals surface area contributed by atoms with Crippen LogP contribution in [0.4, 0.5) is 0 Å². The van der Waals surface area contributed by atoms with Crippen molar-refractivity contribution in [1.82, 2.24) is 10.2 Å². The van der Waals surface area contributed by atoms with Gasteiger partial charge in [-0.3, -0.25) is 5.10 Å². The van der Waals surface area contributed by atoms with Crippen LogP contribution in [0.3, 0.4) is 0 Å². The first-order valence-electron chi connectivity index (χ1n) is 4.82. The lowest BCUT2D eigenvalue weighted by molar-refractivity contribution is -0.158. The minimum atomic E-state index is -1.08. The van der Waals surface area contributed by atoms with Crippen LogP contribution in [0.5, 0.6) is 0 Å². The summed E-state index contributed by atoms with van der Waals surface area (Å²) in [6.07, 6.45) is -1.10. The molecule has 1 aromatic rings. The molecule has 1 aromatic heterocycles. The number of aliphatic hydroxyl groups is 3. The summed E-state index contributed by atoms with van der Waals surface area (Å²) in [6, 6.07) is 1.73. The minimum absolute atomic E-state index is 0.244. The second-order valence-corrected chi connectivity index (χ2v) is 3.64. The summed E-state index contributed by atoms with van der Waals surface area (Å²) in [5, 5.41) is 34.9. The average molecular weight is 214 g/mol. The maximum atomic E-state index is 9.82. The van der Waals surface area contributed by atoms with Crippen LogP contribution in [0.25, 0.3) is 0 Å². The van der Waals surface area contributed by atoms with Crippen LogP contribution in [0, 0.1) is 0 Å². The highest BCUT2D eigenvalue weighted by Crippen LogP contribution is 2.27. The third kappa shape index (κ3) is 1.89. The predicted octanol–water partition coefficient (Wildman–Crippen LogP) is -1.39. The normalized spacial score (nSPS) is 36.7. The molecule has 4 N–H and O–H groups in total. The van der Waals surface area contributed by atoms with Crippen LogP contribution in [0.2, 0.25) is 0 Å². The van der Waals surface area contributed by atoms with E-state index in [2.05, 4.69) is 10.2 Å². The van der Waals surface area contributed by atoms with E-state index < -0.39 is 18.3 Å². The Labute approximate surface area is 86.5 Å². The van der Waals surface area contributed by atoms with Gasteiger partial charge in [0.1, 0.15) is 12.2 Å². The highest BCUT2D eigenvalue weighted by Gasteiger charge is 2.39. The van der Waals surface area contributed by atoms with Crippen molar-refractivity contribution in [2.45, 2.75) is 24.2 Å². The van der Waals surface area contributed by atoms with E-state index in [4.69, 9.17) is 9.84 Å². The quantitative estimate of drug-likeness (QED) is 0.485. The lowest BCUT2D eigenvalue weighted by atomic mass is 9.90. The van der Waals surface area contributed by atoms with E-state index in [9.17, 15) is 10.2 Å². The fraction of sp³-hybridized carbons (Fsp3) is 0.667. The van der Waals surface area contributed by atoms with Crippen LogP contribution >= 0.6 is 0 Å². The molecule has 1 aliphatic rings. The van der Waals surface area contributed by atoms with E-state index in [1.165, 1.54) is 0 Å². The van der Waals surface area contributed by atoms with Crippen LogP contribution in [0.1, 0.15) is 11.6 Å². The Morgan fingerprint density at radius 3 is 2.87 bits per heavy atom. The molecule has 0 unspecified atom stereocenters. The Balaban J connectivity index is 2.11. The monoisotopic (exact) mass is 214 g/mol. The minimum Gasteiger partial charge on any atom is -0.394 e. The highest BCUT2D eigenvalue weighted by atomic mass is 16.5. The molecular weight excluding hydrogens is 200 g/mol. The maximum Gasteiger partial charge on any atom is 0.109 e. The van der Waals surface area contributed by atoms with Gasteiger partial charge in [-0.1, -0.05) is 0 Å². The standard InChI is InChI=1S/C9H14N2O4/c12-3-7-9(14)8(13)5(4-15-7)6-1-2-10-11-6/h1-2,5,7-9,12-14H,3-4H2,(H,10,11)/t5-,7+,8+,9-/m0/s1. The number of nitrogens with one attached hydrogen (secondary N) is 1. The third-order valence-electron chi connectivity index (χ3n) is 2.72. The van der Waals surface area contributed by atoms with Crippen molar-refractivity contribution in [2.24, 2.45) is 0 Å². The number of rotatable bonds is 2. The van der Waals surface area contributed by atoms with E-state index >= 15 is 0 Å². The van der Waals surface area contributed by atoms with Crippen molar-refractivity contribution in [3.8, 4) is 0 Å². The van der Waals surface area contributed by atoms with E-state index in [1.807, 2.05) is 0 Å². The Morgan fingerprint density at radius 2 is 2.27 bits per heavy atom. The largest absolute Gasteiger partial charge is 0.394 e. The summed E-state index contributed by atoms with van der Waals surface area (Å²) >= 11 is 0. The zero-order valence-corrected chi connectivity index (χ0v) is 8.08. The molecule has 0 bridgehead atoms. The average Bonchev–Trinajstić information content (AvgIpc) is 2.75. The molecule has 84 valence electrons.